The number of rotatable bonds is 6. The van der Waals surface area contributed by atoms with Crippen molar-refractivity contribution >= 4 is 11.9 Å². The van der Waals surface area contributed by atoms with Crippen molar-refractivity contribution in [3.63, 3.8) is 0 Å². The minimum absolute atomic E-state index is 0.0529. The number of urea groups is 1. The molecule has 1 saturated heterocycles. The molecule has 0 radical (unpaired) electrons. The Morgan fingerprint density at radius 2 is 1.88 bits per heavy atom. The van der Waals surface area contributed by atoms with Crippen LogP contribution in [-0.2, 0) is 23.4 Å². The fraction of sp³-hybridized carbons (Fsp3) is 0.500. The average Bonchev–Trinajstić information content (AvgIpc) is 3.14. The van der Waals surface area contributed by atoms with Crippen LogP contribution in [0, 0.1) is 0 Å². The molecule has 3 amide bonds. The molecule has 1 atom stereocenters. The molecular formula is C18H24N6O2. The summed E-state index contributed by atoms with van der Waals surface area (Å²) in [5.41, 5.74) is 0.857. The first-order chi connectivity index (χ1) is 12.4. The van der Waals surface area contributed by atoms with Gasteiger partial charge < -0.3 is 5.32 Å². The second-order valence-electron chi connectivity index (χ2n) is 7.04. The minimum Gasteiger partial charge on any atom is -0.319 e. The van der Waals surface area contributed by atoms with Gasteiger partial charge in [-0.25, -0.2) is 9.48 Å². The molecule has 8 heteroatoms. The summed E-state index contributed by atoms with van der Waals surface area (Å²) in [4.78, 5) is 26.7. The van der Waals surface area contributed by atoms with Gasteiger partial charge in [0.05, 0.1) is 6.54 Å². The van der Waals surface area contributed by atoms with E-state index in [4.69, 9.17) is 0 Å². The van der Waals surface area contributed by atoms with E-state index in [1.165, 1.54) is 10.5 Å². The first kappa shape index (κ1) is 18.0. The normalized spacial score (nSPS) is 20.1. The van der Waals surface area contributed by atoms with Crippen LogP contribution in [0.3, 0.4) is 0 Å². The third-order valence-electron chi connectivity index (χ3n) is 4.77. The Morgan fingerprint density at radius 3 is 2.50 bits per heavy atom. The van der Waals surface area contributed by atoms with Gasteiger partial charge in [-0.1, -0.05) is 45.0 Å². The van der Waals surface area contributed by atoms with Crippen molar-refractivity contribution in [3.8, 4) is 0 Å². The molecule has 8 nitrogen and oxygen atoms in total. The molecular weight excluding hydrogens is 332 g/mol. The van der Waals surface area contributed by atoms with Gasteiger partial charge in [-0.05, 0) is 40.8 Å². The van der Waals surface area contributed by atoms with Crippen molar-refractivity contribution < 1.29 is 9.59 Å². The van der Waals surface area contributed by atoms with Crippen molar-refractivity contribution in [1.82, 2.24) is 30.4 Å². The van der Waals surface area contributed by atoms with E-state index in [0.717, 1.165) is 12.0 Å². The fourth-order valence-electron chi connectivity index (χ4n) is 3.10. The van der Waals surface area contributed by atoms with E-state index < -0.39 is 11.6 Å². The Kier molecular flexibility index (Phi) is 4.76. The van der Waals surface area contributed by atoms with Gasteiger partial charge in [-0.15, -0.1) is 5.10 Å². The maximum Gasteiger partial charge on any atom is 0.325 e. The first-order valence-electron chi connectivity index (χ1n) is 8.86. The van der Waals surface area contributed by atoms with E-state index >= 15 is 0 Å². The lowest BCUT2D eigenvalue weighted by Gasteiger charge is -2.22. The SMILES string of the molecule is CCCn1nnnc1CN1C(=O)N[C@](C)(c2ccc(C(C)C)cc2)C1=O. The number of imide groups is 1. The Hall–Kier alpha value is -2.77. The van der Waals surface area contributed by atoms with Gasteiger partial charge in [0.2, 0.25) is 0 Å². The summed E-state index contributed by atoms with van der Waals surface area (Å²) in [6.07, 6.45) is 0.859. The highest BCUT2D eigenvalue weighted by molar-refractivity contribution is 6.07. The number of carbonyl (C=O) groups is 2. The topological polar surface area (TPSA) is 93.0 Å². The van der Waals surface area contributed by atoms with Crippen LogP contribution in [0.15, 0.2) is 24.3 Å². The summed E-state index contributed by atoms with van der Waals surface area (Å²) in [5, 5.41) is 14.3. The van der Waals surface area contributed by atoms with E-state index in [1.807, 2.05) is 31.2 Å². The van der Waals surface area contributed by atoms with Crippen molar-refractivity contribution in [2.45, 2.75) is 58.7 Å². The smallest absolute Gasteiger partial charge is 0.319 e. The fourth-order valence-corrected chi connectivity index (χ4v) is 3.10. The number of hydrogen-bond acceptors (Lipinski definition) is 5. The Bertz CT molecular complexity index is 813. The molecule has 1 N–H and O–H groups in total. The lowest BCUT2D eigenvalue weighted by molar-refractivity contribution is -0.131. The quantitative estimate of drug-likeness (QED) is 0.801. The predicted octanol–water partition coefficient (Wildman–Crippen LogP) is 2.17. The number of nitrogens with zero attached hydrogens (tertiary/aromatic N) is 5. The second kappa shape index (κ2) is 6.86. The molecule has 0 aliphatic carbocycles. The molecule has 0 unspecified atom stereocenters. The zero-order valence-electron chi connectivity index (χ0n) is 15.6. The minimum atomic E-state index is -1.09. The molecule has 1 aromatic heterocycles. The van der Waals surface area contributed by atoms with Crippen molar-refractivity contribution in [1.29, 1.82) is 0 Å². The Morgan fingerprint density at radius 1 is 1.19 bits per heavy atom. The van der Waals surface area contributed by atoms with Crippen LogP contribution in [0.4, 0.5) is 4.79 Å². The van der Waals surface area contributed by atoms with Crippen molar-refractivity contribution in [2.75, 3.05) is 0 Å². The molecule has 1 aliphatic heterocycles. The van der Waals surface area contributed by atoms with Crippen LogP contribution < -0.4 is 5.32 Å². The maximum atomic E-state index is 13.0. The summed E-state index contributed by atoms with van der Waals surface area (Å²) in [6.45, 7) is 8.66. The van der Waals surface area contributed by atoms with Crippen LogP contribution in [-0.4, -0.2) is 37.0 Å². The van der Waals surface area contributed by atoms with Gasteiger partial charge in [0.25, 0.3) is 5.91 Å². The van der Waals surface area contributed by atoms with Gasteiger partial charge >= 0.3 is 6.03 Å². The number of aryl methyl sites for hydroxylation is 1. The molecule has 138 valence electrons. The number of amides is 3. The number of nitrogens with one attached hydrogen (secondary N) is 1. The van der Waals surface area contributed by atoms with E-state index in [9.17, 15) is 9.59 Å². The van der Waals surface area contributed by atoms with E-state index in [-0.39, 0.29) is 12.5 Å². The molecule has 0 saturated carbocycles. The number of hydrogen-bond donors (Lipinski definition) is 1. The molecule has 2 aromatic rings. The summed E-state index contributed by atoms with van der Waals surface area (Å²) >= 11 is 0. The highest BCUT2D eigenvalue weighted by atomic mass is 16.2. The predicted molar refractivity (Wildman–Crippen MR) is 95.1 cm³/mol. The third-order valence-corrected chi connectivity index (χ3v) is 4.77. The number of tetrazole rings is 1. The molecule has 0 spiro atoms. The van der Waals surface area contributed by atoms with Crippen molar-refractivity contribution in [2.24, 2.45) is 0 Å². The standard InChI is InChI=1S/C18H24N6O2/c1-5-10-24-15(20-21-22-24)11-23-16(25)18(4,19-17(23)26)14-8-6-13(7-9-14)12(2)3/h6-9,12H,5,10-11H2,1-4H3,(H,19,26)/t18-/m1/s1. The van der Waals surface area contributed by atoms with Gasteiger partial charge in [-0.2, -0.15) is 0 Å². The molecule has 2 heterocycles. The summed E-state index contributed by atoms with van der Waals surface area (Å²) in [5.74, 6) is 0.597. The van der Waals surface area contributed by atoms with E-state index in [1.54, 1.807) is 11.6 Å². The van der Waals surface area contributed by atoms with Gasteiger partial charge in [0.1, 0.15) is 5.54 Å². The average molecular weight is 356 g/mol. The molecule has 1 aliphatic rings. The zero-order chi connectivity index (χ0) is 18.9. The van der Waals surface area contributed by atoms with Crippen molar-refractivity contribution in [3.05, 3.63) is 41.2 Å². The molecule has 0 bridgehead atoms. The van der Waals surface area contributed by atoms with Crippen LogP contribution in [0.2, 0.25) is 0 Å². The van der Waals surface area contributed by atoms with Crippen LogP contribution >= 0.6 is 0 Å². The highest BCUT2D eigenvalue weighted by Gasteiger charge is 2.49. The van der Waals surface area contributed by atoms with Crippen LogP contribution in [0.5, 0.6) is 0 Å². The Labute approximate surface area is 152 Å². The Balaban J connectivity index is 1.84. The molecule has 1 aromatic carbocycles. The van der Waals surface area contributed by atoms with Crippen LogP contribution in [0.1, 0.15) is 57.0 Å². The lowest BCUT2D eigenvalue weighted by Crippen LogP contribution is -2.40. The second-order valence-corrected chi connectivity index (χ2v) is 7.04. The first-order valence-corrected chi connectivity index (χ1v) is 8.86. The van der Waals surface area contributed by atoms with Gasteiger partial charge in [0.15, 0.2) is 5.82 Å². The zero-order valence-corrected chi connectivity index (χ0v) is 15.6. The van der Waals surface area contributed by atoms with Gasteiger partial charge in [-0.3, -0.25) is 9.69 Å². The van der Waals surface area contributed by atoms with E-state index in [2.05, 4.69) is 34.7 Å². The summed E-state index contributed by atoms with van der Waals surface area (Å²) in [6, 6.07) is 7.36. The monoisotopic (exact) mass is 356 g/mol. The van der Waals surface area contributed by atoms with E-state index in [0.29, 0.717) is 18.3 Å². The largest absolute Gasteiger partial charge is 0.325 e. The number of carbonyl (C=O) groups excluding carboxylic acids is 2. The number of aromatic nitrogens is 4. The summed E-state index contributed by atoms with van der Waals surface area (Å²) < 4.78 is 1.62. The maximum absolute atomic E-state index is 13.0. The third kappa shape index (κ3) is 3.07. The lowest BCUT2D eigenvalue weighted by atomic mass is 9.90. The van der Waals surface area contributed by atoms with Gasteiger partial charge in [0, 0.05) is 6.54 Å². The van der Waals surface area contributed by atoms with Crippen LogP contribution in [0.25, 0.3) is 0 Å². The number of benzene rings is 1. The highest BCUT2D eigenvalue weighted by Crippen LogP contribution is 2.30. The molecule has 3 rings (SSSR count). The summed E-state index contributed by atoms with van der Waals surface area (Å²) in [7, 11) is 0. The molecule has 1 fully saturated rings. The molecule has 26 heavy (non-hydrogen) atoms.